The van der Waals surface area contributed by atoms with E-state index in [0.29, 0.717) is 5.75 Å². The molecule has 0 saturated carbocycles. The minimum absolute atomic E-state index is 0.00687. The molecule has 3 N–H and O–H groups in total. The monoisotopic (exact) mass is 285 g/mol. The number of aliphatic carboxylic acids is 1. The van der Waals surface area contributed by atoms with Gasteiger partial charge in [-0.2, -0.15) is 0 Å². The molecule has 1 unspecified atom stereocenters. The van der Waals surface area contributed by atoms with E-state index in [1.54, 1.807) is 0 Å². The van der Waals surface area contributed by atoms with Gasteiger partial charge in [0.05, 0.1) is 19.6 Å². The number of aliphatic hydroxyl groups is 1. The maximum atomic E-state index is 12.6. The van der Waals surface area contributed by atoms with Crippen molar-refractivity contribution >= 4 is 11.9 Å². The quantitative estimate of drug-likeness (QED) is 0.680. The van der Waals surface area contributed by atoms with Crippen molar-refractivity contribution in [2.45, 2.75) is 18.9 Å². The maximum absolute atomic E-state index is 12.6. The first kappa shape index (κ1) is 15.9. The summed E-state index contributed by atoms with van der Waals surface area (Å²) in [5, 5.41) is 20.3. The fourth-order valence-electron chi connectivity index (χ4n) is 1.23. The van der Waals surface area contributed by atoms with E-state index in [0.717, 1.165) is 6.92 Å². The zero-order valence-corrected chi connectivity index (χ0v) is 10.9. The Kier molecular flexibility index (Phi) is 5.45. The van der Waals surface area contributed by atoms with E-state index < -0.39 is 24.0 Å². The van der Waals surface area contributed by atoms with Crippen molar-refractivity contribution < 1.29 is 28.9 Å². The summed E-state index contributed by atoms with van der Waals surface area (Å²) >= 11 is 0. The van der Waals surface area contributed by atoms with Crippen molar-refractivity contribution in [1.82, 2.24) is 5.32 Å². The van der Waals surface area contributed by atoms with Crippen LogP contribution in [0, 0.1) is 5.82 Å². The fourth-order valence-corrected chi connectivity index (χ4v) is 1.23. The number of halogens is 1. The first-order chi connectivity index (χ1) is 9.31. The first-order valence-electron chi connectivity index (χ1n) is 5.92. The molecule has 0 saturated heterocycles. The van der Waals surface area contributed by atoms with Crippen LogP contribution in [0.25, 0.3) is 0 Å². The van der Waals surface area contributed by atoms with Crippen LogP contribution in [0.4, 0.5) is 4.39 Å². The Bertz CT molecular complexity index is 472. The van der Waals surface area contributed by atoms with Gasteiger partial charge in [0.25, 0.3) is 0 Å². The molecule has 1 aromatic carbocycles. The van der Waals surface area contributed by atoms with Gasteiger partial charge >= 0.3 is 5.97 Å². The third-order valence-corrected chi connectivity index (χ3v) is 2.50. The summed E-state index contributed by atoms with van der Waals surface area (Å²) in [6.07, 6.45) is -0.00687. The predicted molar refractivity (Wildman–Crippen MR) is 67.8 cm³/mol. The SMILES string of the molecule is CC(O)(CNC(=O)CCOc1ccc(F)cc1)C(=O)O. The van der Waals surface area contributed by atoms with Gasteiger partial charge in [-0.3, -0.25) is 4.79 Å². The molecule has 6 nitrogen and oxygen atoms in total. The molecule has 0 spiro atoms. The van der Waals surface area contributed by atoms with Gasteiger partial charge in [-0.25, -0.2) is 9.18 Å². The standard InChI is InChI=1S/C13H16FNO5/c1-13(19,12(17)18)8-15-11(16)6-7-20-10-4-2-9(14)3-5-10/h2-5,19H,6-8H2,1H3,(H,15,16)(H,17,18). The molecule has 0 fully saturated rings. The van der Waals surface area contributed by atoms with E-state index in [9.17, 15) is 19.1 Å². The summed E-state index contributed by atoms with van der Waals surface area (Å²) in [6, 6.07) is 5.34. The second-order valence-corrected chi connectivity index (χ2v) is 4.41. The highest BCUT2D eigenvalue weighted by Crippen LogP contribution is 2.11. The molecular weight excluding hydrogens is 269 g/mol. The molecule has 1 rings (SSSR count). The molecule has 20 heavy (non-hydrogen) atoms. The van der Waals surface area contributed by atoms with Crippen LogP contribution in [-0.2, 0) is 9.59 Å². The maximum Gasteiger partial charge on any atom is 0.337 e. The van der Waals surface area contributed by atoms with Crippen molar-refractivity contribution in [3.05, 3.63) is 30.1 Å². The van der Waals surface area contributed by atoms with Crippen LogP contribution >= 0.6 is 0 Å². The van der Waals surface area contributed by atoms with E-state index in [4.69, 9.17) is 9.84 Å². The highest BCUT2D eigenvalue weighted by atomic mass is 19.1. The predicted octanol–water partition coefficient (Wildman–Crippen LogP) is 0.546. The minimum Gasteiger partial charge on any atom is -0.493 e. The van der Waals surface area contributed by atoms with Crippen molar-refractivity contribution in [3.63, 3.8) is 0 Å². The number of rotatable bonds is 7. The van der Waals surface area contributed by atoms with Gasteiger partial charge in [0.1, 0.15) is 11.6 Å². The third-order valence-electron chi connectivity index (χ3n) is 2.50. The Balaban J connectivity index is 2.27. The summed E-state index contributed by atoms with van der Waals surface area (Å²) in [7, 11) is 0. The molecule has 0 radical (unpaired) electrons. The number of nitrogens with one attached hydrogen (secondary N) is 1. The molecule has 1 atom stereocenters. The Morgan fingerprint density at radius 1 is 1.35 bits per heavy atom. The highest BCUT2D eigenvalue weighted by Gasteiger charge is 2.30. The van der Waals surface area contributed by atoms with Gasteiger partial charge in [0.2, 0.25) is 5.91 Å². The molecule has 0 aromatic heterocycles. The van der Waals surface area contributed by atoms with Crippen LogP contribution in [0.3, 0.4) is 0 Å². The van der Waals surface area contributed by atoms with Crippen LogP contribution in [-0.4, -0.2) is 40.8 Å². The Labute approximate surface area is 115 Å². The van der Waals surface area contributed by atoms with Crippen molar-refractivity contribution in [1.29, 1.82) is 0 Å². The number of carbonyl (C=O) groups excluding carboxylic acids is 1. The Morgan fingerprint density at radius 2 is 1.95 bits per heavy atom. The zero-order chi connectivity index (χ0) is 15.2. The van der Waals surface area contributed by atoms with E-state index in [2.05, 4.69) is 5.32 Å². The topological polar surface area (TPSA) is 95.9 Å². The highest BCUT2D eigenvalue weighted by molar-refractivity contribution is 5.80. The van der Waals surface area contributed by atoms with Gasteiger partial charge in [0.15, 0.2) is 5.60 Å². The largest absolute Gasteiger partial charge is 0.493 e. The van der Waals surface area contributed by atoms with Gasteiger partial charge in [0, 0.05) is 0 Å². The van der Waals surface area contributed by atoms with Crippen LogP contribution in [0.5, 0.6) is 5.75 Å². The lowest BCUT2D eigenvalue weighted by Gasteiger charge is -2.18. The van der Waals surface area contributed by atoms with Crippen molar-refractivity contribution in [3.8, 4) is 5.75 Å². The fraction of sp³-hybridized carbons (Fsp3) is 0.385. The summed E-state index contributed by atoms with van der Waals surface area (Å²) in [6.45, 7) is 0.759. The normalized spacial score (nSPS) is 13.3. The number of benzene rings is 1. The molecule has 0 heterocycles. The third kappa shape index (κ3) is 5.23. The van der Waals surface area contributed by atoms with Gasteiger partial charge < -0.3 is 20.3 Å². The van der Waals surface area contributed by atoms with Gasteiger partial charge in [-0.1, -0.05) is 0 Å². The molecule has 0 aliphatic rings. The summed E-state index contributed by atoms with van der Waals surface area (Å²) in [4.78, 5) is 22.0. The van der Waals surface area contributed by atoms with Crippen molar-refractivity contribution in [2.24, 2.45) is 0 Å². The second kappa shape index (κ2) is 6.85. The summed E-state index contributed by atoms with van der Waals surface area (Å²) < 4.78 is 17.8. The number of amides is 1. The van der Waals surface area contributed by atoms with Crippen LogP contribution < -0.4 is 10.1 Å². The van der Waals surface area contributed by atoms with Gasteiger partial charge in [-0.05, 0) is 31.2 Å². The first-order valence-corrected chi connectivity index (χ1v) is 5.92. The molecule has 1 aromatic rings. The van der Waals surface area contributed by atoms with E-state index in [1.807, 2.05) is 0 Å². The average molecular weight is 285 g/mol. The molecule has 0 aliphatic carbocycles. The van der Waals surface area contributed by atoms with E-state index in [1.165, 1.54) is 24.3 Å². The zero-order valence-electron chi connectivity index (χ0n) is 10.9. The number of carbonyl (C=O) groups is 2. The van der Waals surface area contributed by atoms with Crippen LogP contribution in [0.15, 0.2) is 24.3 Å². The van der Waals surface area contributed by atoms with Crippen LogP contribution in [0.1, 0.15) is 13.3 Å². The molecule has 1 amide bonds. The van der Waals surface area contributed by atoms with Crippen LogP contribution in [0.2, 0.25) is 0 Å². The molecular formula is C13H16FNO5. The Morgan fingerprint density at radius 3 is 2.50 bits per heavy atom. The lowest BCUT2D eigenvalue weighted by atomic mass is 10.1. The lowest BCUT2D eigenvalue weighted by Crippen LogP contribution is -2.46. The minimum atomic E-state index is -2.01. The lowest BCUT2D eigenvalue weighted by molar-refractivity contribution is -0.156. The molecule has 7 heteroatoms. The van der Waals surface area contributed by atoms with E-state index in [-0.39, 0.29) is 18.8 Å². The number of carboxylic acids is 1. The number of ether oxygens (including phenoxy) is 1. The molecule has 0 bridgehead atoms. The number of carboxylic acid groups (broad SMARTS) is 1. The Hall–Kier alpha value is -2.15. The summed E-state index contributed by atoms with van der Waals surface area (Å²) in [5.74, 6) is -1.82. The summed E-state index contributed by atoms with van der Waals surface area (Å²) in [5.41, 5.74) is -2.01. The second-order valence-electron chi connectivity index (χ2n) is 4.41. The molecule has 0 aliphatic heterocycles. The number of hydrogen-bond acceptors (Lipinski definition) is 4. The number of hydrogen-bond donors (Lipinski definition) is 3. The van der Waals surface area contributed by atoms with E-state index >= 15 is 0 Å². The molecule has 110 valence electrons. The van der Waals surface area contributed by atoms with Crippen molar-refractivity contribution in [2.75, 3.05) is 13.2 Å². The average Bonchev–Trinajstić information content (AvgIpc) is 2.39. The smallest absolute Gasteiger partial charge is 0.337 e. The van der Waals surface area contributed by atoms with Gasteiger partial charge in [-0.15, -0.1) is 0 Å².